The summed E-state index contributed by atoms with van der Waals surface area (Å²) in [4.78, 5) is 12.1. The zero-order valence-electron chi connectivity index (χ0n) is 19.6. The highest BCUT2D eigenvalue weighted by Gasteiger charge is 2.17. The summed E-state index contributed by atoms with van der Waals surface area (Å²) < 4.78 is 8.80. The van der Waals surface area contributed by atoms with Gasteiger partial charge in [-0.3, -0.25) is 0 Å². The molecule has 0 fully saturated rings. The van der Waals surface area contributed by atoms with Gasteiger partial charge in [0.15, 0.2) is 5.82 Å². The van der Waals surface area contributed by atoms with E-state index in [4.69, 9.17) is 16.3 Å². The molecular weight excluding hydrogens is 484 g/mol. The summed E-state index contributed by atoms with van der Waals surface area (Å²) in [6.07, 6.45) is 2.24. The number of aromatic nitrogens is 5. The fourth-order valence-electron chi connectivity index (χ4n) is 4.08. The number of nitrogens with zero attached hydrogens (tertiary/aromatic N) is 4. The van der Waals surface area contributed by atoms with Gasteiger partial charge in [-0.2, -0.15) is 5.21 Å². The summed E-state index contributed by atoms with van der Waals surface area (Å²) in [5, 5.41) is 22.5. The molecule has 0 bridgehead atoms. The van der Waals surface area contributed by atoms with Crippen LogP contribution in [0.5, 0.6) is 0 Å². The van der Waals surface area contributed by atoms with Crippen LogP contribution in [0, 0.1) is 0 Å². The molecule has 8 nitrogen and oxygen atoms in total. The lowest BCUT2D eigenvalue weighted by molar-refractivity contribution is 0.0523. The Morgan fingerprint density at radius 3 is 2.80 bits per heavy atom. The van der Waals surface area contributed by atoms with Crippen molar-refractivity contribution in [3.8, 4) is 0 Å². The number of nitrogens with one attached hydrogen (secondary N) is 2. The van der Waals surface area contributed by atoms with Crippen molar-refractivity contribution in [1.29, 1.82) is 0 Å². The molecule has 10 heteroatoms. The topological polar surface area (TPSA) is 97.7 Å². The van der Waals surface area contributed by atoms with E-state index in [0.29, 0.717) is 25.3 Å². The number of benzene rings is 2. The molecule has 2 N–H and O–H groups in total. The lowest BCUT2D eigenvalue weighted by Crippen LogP contribution is -2.32. The van der Waals surface area contributed by atoms with Gasteiger partial charge < -0.3 is 14.6 Å². The highest BCUT2D eigenvalue weighted by atomic mass is 35.5. The summed E-state index contributed by atoms with van der Waals surface area (Å²) >= 11 is 7.99. The minimum absolute atomic E-state index is 0.366. The molecule has 0 aliphatic rings. The van der Waals surface area contributed by atoms with E-state index < -0.39 is 11.7 Å². The number of halogens is 1. The van der Waals surface area contributed by atoms with Crippen LogP contribution < -0.4 is 5.32 Å². The molecule has 35 heavy (non-hydrogen) atoms. The van der Waals surface area contributed by atoms with Crippen LogP contribution in [0.2, 0.25) is 5.02 Å². The Bertz CT molecular complexity index is 1500. The second-order valence-electron chi connectivity index (χ2n) is 9.40. The van der Waals surface area contributed by atoms with Crippen molar-refractivity contribution >= 4 is 50.0 Å². The normalized spacial score (nSPS) is 11.9. The van der Waals surface area contributed by atoms with Gasteiger partial charge in [0.1, 0.15) is 5.60 Å². The third-order valence-electron chi connectivity index (χ3n) is 5.56. The number of thiophene rings is 1. The average molecular weight is 509 g/mol. The number of carbonyl (C=O) groups excluding carboxylic acids is 1. The molecule has 3 heterocycles. The summed E-state index contributed by atoms with van der Waals surface area (Å²) in [5.41, 5.74) is 3.82. The summed E-state index contributed by atoms with van der Waals surface area (Å²) in [7, 11) is 0. The fourth-order valence-corrected chi connectivity index (χ4v) is 5.18. The summed E-state index contributed by atoms with van der Waals surface area (Å²) in [6, 6.07) is 12.2. The van der Waals surface area contributed by atoms with E-state index >= 15 is 0 Å². The van der Waals surface area contributed by atoms with E-state index in [1.54, 1.807) is 11.3 Å². The molecule has 5 rings (SSSR count). The molecule has 0 radical (unpaired) electrons. The molecule has 0 atom stereocenters. The highest BCUT2D eigenvalue weighted by Crippen LogP contribution is 2.31. The lowest BCUT2D eigenvalue weighted by atomic mass is 10.1. The van der Waals surface area contributed by atoms with E-state index in [2.05, 4.69) is 60.3 Å². The predicted octanol–water partition coefficient (Wildman–Crippen LogP) is 5.69. The highest BCUT2D eigenvalue weighted by molar-refractivity contribution is 7.17. The molecule has 3 aromatic heterocycles. The van der Waals surface area contributed by atoms with Crippen LogP contribution in [0.15, 0.2) is 48.0 Å². The number of alkyl carbamates (subject to hydrolysis) is 1. The molecule has 0 saturated carbocycles. The fraction of sp³-hybridized carbons (Fsp3) is 0.280. The quantitative estimate of drug-likeness (QED) is 0.307. The Balaban J connectivity index is 1.47. The maximum atomic E-state index is 12.1. The molecule has 0 spiro atoms. The van der Waals surface area contributed by atoms with Gasteiger partial charge >= 0.3 is 6.09 Å². The van der Waals surface area contributed by atoms with Crippen molar-refractivity contribution in [1.82, 2.24) is 30.5 Å². The standard InChI is InChI=1S/C25H25ClN6O2S/c1-25(2,3)34-24(33)27-11-15-4-6-21-19(8-15)16(9-23-28-30-31-29-23)12-32(21)13-17-14-35-22-7-5-18(26)10-20(17)22/h4-8,10,12,14H,9,11,13H2,1-3H3,(H,27,33)(H,28,29,30,31). The Hall–Kier alpha value is -3.43. The number of ether oxygens (including phenoxy) is 1. The van der Waals surface area contributed by atoms with Crippen molar-refractivity contribution in [3.63, 3.8) is 0 Å². The lowest BCUT2D eigenvalue weighted by Gasteiger charge is -2.19. The molecule has 1 amide bonds. The van der Waals surface area contributed by atoms with Crippen LogP contribution in [0.1, 0.15) is 43.3 Å². The first kappa shape index (κ1) is 23.3. The van der Waals surface area contributed by atoms with Crippen LogP contribution in [0.4, 0.5) is 4.79 Å². The number of H-pyrrole nitrogens is 1. The maximum absolute atomic E-state index is 12.1. The van der Waals surface area contributed by atoms with E-state index in [1.807, 2.05) is 39.0 Å². The largest absolute Gasteiger partial charge is 0.444 e. The molecule has 0 aliphatic heterocycles. The SMILES string of the molecule is CC(C)(C)OC(=O)NCc1ccc2c(c1)c(Cc1nn[nH]n1)cn2Cc1csc2ccc(Cl)cc12. The first-order chi connectivity index (χ1) is 16.7. The average Bonchev–Trinajstić information content (AvgIpc) is 3.52. The molecule has 2 aromatic carbocycles. The number of amides is 1. The molecule has 0 aliphatic carbocycles. The zero-order valence-corrected chi connectivity index (χ0v) is 21.2. The van der Waals surface area contributed by atoms with Gasteiger partial charge in [0.2, 0.25) is 0 Å². The first-order valence-corrected chi connectivity index (χ1v) is 12.5. The number of tetrazole rings is 1. The van der Waals surface area contributed by atoms with Gasteiger partial charge in [-0.05, 0) is 78.6 Å². The number of carbonyl (C=O) groups is 1. The number of rotatable bonds is 6. The minimum atomic E-state index is -0.543. The van der Waals surface area contributed by atoms with Crippen molar-refractivity contribution in [2.24, 2.45) is 0 Å². The summed E-state index contributed by atoms with van der Waals surface area (Å²) in [6.45, 7) is 6.60. The molecule has 0 saturated heterocycles. The van der Waals surface area contributed by atoms with Crippen molar-refractivity contribution < 1.29 is 9.53 Å². The number of hydrogen-bond donors (Lipinski definition) is 2. The third-order valence-corrected chi connectivity index (χ3v) is 6.81. The first-order valence-electron chi connectivity index (χ1n) is 11.2. The Morgan fingerprint density at radius 1 is 1.17 bits per heavy atom. The molecule has 5 aromatic rings. The Labute approximate surface area is 211 Å². The van der Waals surface area contributed by atoms with Crippen molar-refractivity contribution in [3.05, 3.63) is 75.5 Å². The Kier molecular flexibility index (Phi) is 6.21. The van der Waals surface area contributed by atoms with E-state index in [0.717, 1.165) is 27.1 Å². The molecular formula is C25H25ClN6O2S. The van der Waals surface area contributed by atoms with Gasteiger partial charge in [-0.1, -0.05) is 22.9 Å². The van der Waals surface area contributed by atoms with Crippen LogP contribution >= 0.6 is 22.9 Å². The van der Waals surface area contributed by atoms with E-state index in [-0.39, 0.29) is 0 Å². The van der Waals surface area contributed by atoms with E-state index in [9.17, 15) is 4.79 Å². The Morgan fingerprint density at radius 2 is 2.03 bits per heavy atom. The number of fused-ring (bicyclic) bond motifs is 2. The van der Waals surface area contributed by atoms with Gasteiger partial charge in [-0.15, -0.1) is 21.5 Å². The van der Waals surface area contributed by atoms with Crippen LogP contribution in [-0.4, -0.2) is 36.9 Å². The minimum Gasteiger partial charge on any atom is -0.444 e. The second-order valence-corrected chi connectivity index (χ2v) is 10.7. The summed E-state index contributed by atoms with van der Waals surface area (Å²) in [5.74, 6) is 0.620. The monoisotopic (exact) mass is 508 g/mol. The van der Waals surface area contributed by atoms with Crippen LogP contribution in [0.3, 0.4) is 0 Å². The number of aromatic amines is 1. The second kappa shape index (κ2) is 9.31. The van der Waals surface area contributed by atoms with Gasteiger partial charge in [0.05, 0.1) is 0 Å². The van der Waals surface area contributed by atoms with Crippen LogP contribution in [-0.2, 0) is 24.2 Å². The van der Waals surface area contributed by atoms with Crippen molar-refractivity contribution in [2.75, 3.05) is 0 Å². The van der Waals surface area contributed by atoms with Gasteiger partial charge in [0, 0.05) is 46.3 Å². The van der Waals surface area contributed by atoms with Gasteiger partial charge in [-0.25, -0.2) is 4.79 Å². The third kappa shape index (κ3) is 5.31. The van der Waals surface area contributed by atoms with E-state index in [1.165, 1.54) is 15.6 Å². The zero-order chi connectivity index (χ0) is 24.6. The molecule has 180 valence electrons. The van der Waals surface area contributed by atoms with Crippen LogP contribution in [0.25, 0.3) is 21.0 Å². The van der Waals surface area contributed by atoms with Crippen molar-refractivity contribution in [2.45, 2.75) is 45.9 Å². The molecule has 0 unspecified atom stereocenters. The number of hydrogen-bond acceptors (Lipinski definition) is 6. The van der Waals surface area contributed by atoms with Gasteiger partial charge in [0.25, 0.3) is 0 Å². The smallest absolute Gasteiger partial charge is 0.407 e. The predicted molar refractivity (Wildman–Crippen MR) is 138 cm³/mol. The maximum Gasteiger partial charge on any atom is 0.407 e.